The summed E-state index contributed by atoms with van der Waals surface area (Å²) in [5.41, 5.74) is 0.0177. The molecule has 1 nitrogen and oxygen atoms in total. The Balaban J connectivity index is 1.92. The predicted molar refractivity (Wildman–Crippen MR) is 59.1 cm³/mol. The second-order valence-electron chi connectivity index (χ2n) is 6.53. The number of aliphatic hydroxyl groups is 1. The molecule has 2 fully saturated rings. The zero-order chi connectivity index (χ0) is 10.4. The van der Waals surface area contributed by atoms with Gasteiger partial charge in [-0.25, -0.2) is 0 Å². The molecule has 0 bridgehead atoms. The Morgan fingerprint density at radius 1 is 1.29 bits per heavy atom. The van der Waals surface area contributed by atoms with Gasteiger partial charge in [0.1, 0.15) is 0 Å². The molecule has 0 aromatic heterocycles. The maximum Gasteiger partial charge on any atom is 0.0678 e. The minimum Gasteiger partial charge on any atom is -0.390 e. The Morgan fingerprint density at radius 3 is 2.36 bits per heavy atom. The first-order chi connectivity index (χ1) is 6.41. The van der Waals surface area contributed by atoms with E-state index in [0.29, 0.717) is 11.3 Å². The minimum absolute atomic E-state index is 0.341. The summed E-state index contributed by atoms with van der Waals surface area (Å²) in [6.07, 6.45) is 7.32. The lowest BCUT2D eigenvalue weighted by molar-refractivity contribution is -0.00696. The van der Waals surface area contributed by atoms with Crippen LogP contribution >= 0.6 is 0 Å². The van der Waals surface area contributed by atoms with E-state index in [9.17, 15) is 5.11 Å². The lowest BCUT2D eigenvalue weighted by atomic mass is 9.85. The van der Waals surface area contributed by atoms with Crippen LogP contribution < -0.4 is 0 Å². The fourth-order valence-corrected chi connectivity index (χ4v) is 3.29. The number of rotatable bonds is 3. The molecule has 0 saturated heterocycles. The van der Waals surface area contributed by atoms with E-state index in [4.69, 9.17) is 0 Å². The van der Waals surface area contributed by atoms with Crippen molar-refractivity contribution in [2.24, 2.45) is 17.3 Å². The summed E-state index contributed by atoms with van der Waals surface area (Å²) >= 11 is 0. The molecule has 82 valence electrons. The molecular formula is C13H24O. The van der Waals surface area contributed by atoms with Crippen LogP contribution in [0.15, 0.2) is 0 Å². The smallest absolute Gasteiger partial charge is 0.0678 e. The summed E-state index contributed by atoms with van der Waals surface area (Å²) in [5, 5.41) is 10.6. The van der Waals surface area contributed by atoms with Gasteiger partial charge in [-0.3, -0.25) is 0 Å². The zero-order valence-electron chi connectivity index (χ0n) is 9.84. The highest BCUT2D eigenvalue weighted by atomic mass is 16.3. The van der Waals surface area contributed by atoms with E-state index < -0.39 is 0 Å². The van der Waals surface area contributed by atoms with Crippen molar-refractivity contribution in [1.82, 2.24) is 0 Å². The average Bonchev–Trinajstić information content (AvgIpc) is 2.78. The molecule has 14 heavy (non-hydrogen) atoms. The van der Waals surface area contributed by atoms with Gasteiger partial charge in [-0.05, 0) is 42.9 Å². The molecule has 2 aliphatic rings. The predicted octanol–water partition coefficient (Wildman–Crippen LogP) is 3.36. The first-order valence-electron chi connectivity index (χ1n) is 6.14. The van der Waals surface area contributed by atoms with Gasteiger partial charge >= 0.3 is 0 Å². The van der Waals surface area contributed by atoms with Gasteiger partial charge in [0.2, 0.25) is 0 Å². The second-order valence-corrected chi connectivity index (χ2v) is 6.53. The molecule has 0 amide bonds. The van der Waals surface area contributed by atoms with Gasteiger partial charge in [-0.15, -0.1) is 0 Å². The summed E-state index contributed by atoms with van der Waals surface area (Å²) in [4.78, 5) is 0. The normalized spacial score (nSPS) is 41.6. The van der Waals surface area contributed by atoms with Gasteiger partial charge in [0.25, 0.3) is 0 Å². The van der Waals surface area contributed by atoms with Gasteiger partial charge in [-0.1, -0.05) is 33.6 Å². The quantitative estimate of drug-likeness (QED) is 0.734. The Kier molecular flexibility index (Phi) is 2.42. The van der Waals surface area contributed by atoms with Gasteiger partial charge in [-0.2, -0.15) is 0 Å². The molecule has 2 atom stereocenters. The summed E-state index contributed by atoms with van der Waals surface area (Å²) in [6.45, 7) is 6.80. The van der Waals surface area contributed by atoms with E-state index in [0.717, 1.165) is 18.8 Å². The SMILES string of the molecule is CC1CC(C)(C)CC1(O)CCC1CC1. The van der Waals surface area contributed by atoms with Crippen LogP contribution in [0, 0.1) is 17.3 Å². The van der Waals surface area contributed by atoms with Crippen LogP contribution in [-0.2, 0) is 0 Å². The topological polar surface area (TPSA) is 20.2 Å². The lowest BCUT2D eigenvalue weighted by Gasteiger charge is -2.28. The third kappa shape index (κ3) is 2.13. The van der Waals surface area contributed by atoms with Gasteiger partial charge < -0.3 is 5.11 Å². The molecule has 0 heterocycles. The van der Waals surface area contributed by atoms with Crippen molar-refractivity contribution < 1.29 is 5.11 Å². The Bertz CT molecular complexity index is 217. The average molecular weight is 196 g/mol. The maximum absolute atomic E-state index is 10.6. The van der Waals surface area contributed by atoms with Crippen molar-refractivity contribution in [3.05, 3.63) is 0 Å². The van der Waals surface area contributed by atoms with Crippen molar-refractivity contribution in [3.63, 3.8) is 0 Å². The fourth-order valence-electron chi connectivity index (χ4n) is 3.29. The maximum atomic E-state index is 10.6. The van der Waals surface area contributed by atoms with Crippen LogP contribution in [0.25, 0.3) is 0 Å². The van der Waals surface area contributed by atoms with Crippen LogP contribution in [0.5, 0.6) is 0 Å². The monoisotopic (exact) mass is 196 g/mol. The van der Waals surface area contributed by atoms with Crippen molar-refractivity contribution in [3.8, 4) is 0 Å². The summed E-state index contributed by atoms with van der Waals surface area (Å²) < 4.78 is 0. The molecule has 2 aliphatic carbocycles. The Morgan fingerprint density at radius 2 is 1.93 bits per heavy atom. The Hall–Kier alpha value is -0.0400. The van der Waals surface area contributed by atoms with Gasteiger partial charge in [0, 0.05) is 0 Å². The summed E-state index contributed by atoms with van der Waals surface area (Å²) in [5.74, 6) is 1.45. The highest BCUT2D eigenvalue weighted by Gasteiger charge is 2.47. The molecule has 1 heteroatoms. The van der Waals surface area contributed by atoms with E-state index in [1.807, 2.05) is 0 Å². The molecular weight excluding hydrogens is 172 g/mol. The lowest BCUT2D eigenvalue weighted by Crippen LogP contribution is -2.32. The fraction of sp³-hybridized carbons (Fsp3) is 1.00. The zero-order valence-corrected chi connectivity index (χ0v) is 9.84. The van der Waals surface area contributed by atoms with E-state index >= 15 is 0 Å². The van der Waals surface area contributed by atoms with Gasteiger partial charge in [0.05, 0.1) is 5.60 Å². The molecule has 0 aromatic carbocycles. The standard InChI is InChI=1S/C13H24O/c1-10-8-12(2,3)9-13(10,14)7-6-11-4-5-11/h10-11,14H,4-9H2,1-3H3. The van der Waals surface area contributed by atoms with Crippen molar-refractivity contribution in [2.45, 2.75) is 64.9 Å². The highest BCUT2D eigenvalue weighted by molar-refractivity contribution is 4.98. The van der Waals surface area contributed by atoms with E-state index in [1.54, 1.807) is 0 Å². The van der Waals surface area contributed by atoms with Crippen LogP contribution in [0.4, 0.5) is 0 Å². The third-order valence-electron chi connectivity index (χ3n) is 4.24. The summed E-state index contributed by atoms with van der Waals surface area (Å²) in [6, 6.07) is 0. The van der Waals surface area contributed by atoms with Crippen LogP contribution in [0.3, 0.4) is 0 Å². The second kappa shape index (κ2) is 3.23. The van der Waals surface area contributed by atoms with Crippen LogP contribution in [0.2, 0.25) is 0 Å². The van der Waals surface area contributed by atoms with Crippen molar-refractivity contribution in [2.75, 3.05) is 0 Å². The first-order valence-corrected chi connectivity index (χ1v) is 6.14. The number of hydrogen-bond donors (Lipinski definition) is 1. The highest BCUT2D eigenvalue weighted by Crippen LogP contribution is 2.50. The van der Waals surface area contributed by atoms with Crippen LogP contribution in [-0.4, -0.2) is 10.7 Å². The first kappa shape index (κ1) is 10.5. The van der Waals surface area contributed by atoms with Gasteiger partial charge in [0.15, 0.2) is 0 Å². The number of hydrogen-bond acceptors (Lipinski definition) is 1. The largest absolute Gasteiger partial charge is 0.390 e. The van der Waals surface area contributed by atoms with Crippen molar-refractivity contribution in [1.29, 1.82) is 0 Å². The van der Waals surface area contributed by atoms with Crippen molar-refractivity contribution >= 4 is 0 Å². The summed E-state index contributed by atoms with van der Waals surface area (Å²) in [7, 11) is 0. The van der Waals surface area contributed by atoms with E-state index in [1.165, 1.54) is 25.7 Å². The van der Waals surface area contributed by atoms with E-state index in [2.05, 4.69) is 20.8 Å². The molecule has 0 radical (unpaired) electrons. The third-order valence-corrected chi connectivity index (χ3v) is 4.24. The minimum atomic E-state index is -0.341. The molecule has 2 saturated carbocycles. The molecule has 2 unspecified atom stereocenters. The Labute approximate surface area is 87.9 Å². The van der Waals surface area contributed by atoms with E-state index in [-0.39, 0.29) is 5.60 Å². The molecule has 0 spiro atoms. The molecule has 1 N–H and O–H groups in total. The molecule has 2 rings (SSSR count). The molecule has 0 aromatic rings. The molecule has 0 aliphatic heterocycles. The van der Waals surface area contributed by atoms with Crippen LogP contribution in [0.1, 0.15) is 59.3 Å².